The van der Waals surface area contributed by atoms with Crippen LogP contribution in [0.3, 0.4) is 0 Å². The largest absolute Gasteiger partial charge is 0.484 e. The Kier molecular flexibility index (Phi) is 7.16. The molecule has 162 valence electrons. The Hall–Kier alpha value is -2.07. The quantitative estimate of drug-likeness (QED) is 0.311. The summed E-state index contributed by atoms with van der Waals surface area (Å²) in [5.41, 5.74) is 5.74. The molecule has 1 N–H and O–H groups in total. The van der Waals surface area contributed by atoms with Crippen molar-refractivity contribution in [3.8, 4) is 5.75 Å². The highest BCUT2D eigenvalue weighted by Crippen LogP contribution is 2.26. The standard InChI is InChI=1S/C23H24IN3O3S/c1-14-9-18(24)10-15(2)22(14)25-20(28)13-31-23-27-26-21(30-23)12-29-19-8-7-16-5-3-4-6-17(16)11-19/h7-11H,3-6,12-13H2,1-2H3,(H,25,28). The Morgan fingerprint density at radius 1 is 1.13 bits per heavy atom. The van der Waals surface area contributed by atoms with Crippen molar-refractivity contribution in [3.63, 3.8) is 0 Å². The molecule has 0 aliphatic heterocycles. The number of anilines is 1. The normalized spacial score (nSPS) is 13.0. The topological polar surface area (TPSA) is 77.2 Å². The molecule has 6 nitrogen and oxygen atoms in total. The van der Waals surface area contributed by atoms with E-state index in [-0.39, 0.29) is 18.3 Å². The Labute approximate surface area is 199 Å². The van der Waals surface area contributed by atoms with Crippen LogP contribution in [0, 0.1) is 17.4 Å². The maximum atomic E-state index is 12.4. The van der Waals surface area contributed by atoms with E-state index < -0.39 is 0 Å². The molecule has 1 aromatic heterocycles. The highest BCUT2D eigenvalue weighted by molar-refractivity contribution is 14.1. The van der Waals surface area contributed by atoms with E-state index in [0.29, 0.717) is 11.1 Å². The van der Waals surface area contributed by atoms with E-state index >= 15 is 0 Å². The van der Waals surface area contributed by atoms with Gasteiger partial charge in [-0.2, -0.15) is 0 Å². The van der Waals surface area contributed by atoms with Crippen LogP contribution in [0.5, 0.6) is 5.75 Å². The van der Waals surface area contributed by atoms with Crippen LogP contribution in [0.2, 0.25) is 0 Å². The molecule has 8 heteroatoms. The smallest absolute Gasteiger partial charge is 0.277 e. The molecule has 0 radical (unpaired) electrons. The lowest BCUT2D eigenvalue weighted by Crippen LogP contribution is -2.16. The third-order valence-electron chi connectivity index (χ3n) is 5.22. The lowest BCUT2D eigenvalue weighted by atomic mass is 9.92. The number of fused-ring (bicyclic) bond motifs is 1. The molecule has 0 atom stereocenters. The van der Waals surface area contributed by atoms with Crippen LogP contribution in [0.4, 0.5) is 5.69 Å². The van der Waals surface area contributed by atoms with E-state index in [1.807, 2.05) is 32.0 Å². The third-order valence-corrected chi connectivity index (χ3v) is 6.66. The molecule has 0 saturated carbocycles. The second kappa shape index (κ2) is 10.0. The molecule has 0 fully saturated rings. The van der Waals surface area contributed by atoms with E-state index in [0.717, 1.165) is 39.0 Å². The van der Waals surface area contributed by atoms with Crippen molar-refractivity contribution in [2.45, 2.75) is 51.4 Å². The molecule has 31 heavy (non-hydrogen) atoms. The Morgan fingerprint density at radius 2 is 1.87 bits per heavy atom. The molecular formula is C23H24IN3O3S. The van der Waals surface area contributed by atoms with Crippen molar-refractivity contribution in [1.29, 1.82) is 0 Å². The molecule has 0 spiro atoms. The van der Waals surface area contributed by atoms with E-state index in [9.17, 15) is 4.79 Å². The SMILES string of the molecule is Cc1cc(I)cc(C)c1NC(=O)CSc1nnc(COc2ccc3c(c2)CCCC3)o1. The maximum Gasteiger partial charge on any atom is 0.277 e. The van der Waals surface area contributed by atoms with Gasteiger partial charge in [0, 0.05) is 9.26 Å². The van der Waals surface area contributed by atoms with Gasteiger partial charge in [0.1, 0.15) is 5.75 Å². The van der Waals surface area contributed by atoms with Crippen molar-refractivity contribution >= 4 is 45.9 Å². The van der Waals surface area contributed by atoms with Crippen LogP contribution >= 0.6 is 34.4 Å². The number of hydrogen-bond donors (Lipinski definition) is 1. The summed E-state index contributed by atoms with van der Waals surface area (Å²) in [4.78, 5) is 12.4. The minimum Gasteiger partial charge on any atom is -0.484 e. The summed E-state index contributed by atoms with van der Waals surface area (Å²) < 4.78 is 12.6. The van der Waals surface area contributed by atoms with Gasteiger partial charge >= 0.3 is 0 Å². The summed E-state index contributed by atoms with van der Waals surface area (Å²) in [6, 6.07) is 10.3. The molecule has 4 rings (SSSR count). The summed E-state index contributed by atoms with van der Waals surface area (Å²) in [6.07, 6.45) is 4.75. The number of thioether (sulfide) groups is 1. The van der Waals surface area contributed by atoms with Crippen LogP contribution in [-0.2, 0) is 24.2 Å². The van der Waals surface area contributed by atoms with Crippen molar-refractivity contribution in [3.05, 3.63) is 62.0 Å². The summed E-state index contributed by atoms with van der Waals surface area (Å²) >= 11 is 3.49. The van der Waals surface area contributed by atoms with Crippen LogP contribution in [0.25, 0.3) is 0 Å². The van der Waals surface area contributed by atoms with E-state index in [1.165, 1.54) is 35.7 Å². The minimum absolute atomic E-state index is 0.109. The van der Waals surface area contributed by atoms with Crippen LogP contribution in [-0.4, -0.2) is 21.9 Å². The van der Waals surface area contributed by atoms with Crippen molar-refractivity contribution in [1.82, 2.24) is 10.2 Å². The van der Waals surface area contributed by atoms with Gasteiger partial charge in [0.15, 0.2) is 6.61 Å². The number of ether oxygens (including phenoxy) is 1. The number of carbonyl (C=O) groups is 1. The fourth-order valence-corrected chi connectivity index (χ4v) is 5.22. The molecule has 1 amide bonds. The van der Waals surface area contributed by atoms with E-state index in [1.54, 1.807) is 0 Å². The number of aromatic nitrogens is 2. The van der Waals surface area contributed by atoms with Gasteiger partial charge in [-0.3, -0.25) is 4.79 Å². The fraction of sp³-hybridized carbons (Fsp3) is 0.348. The van der Waals surface area contributed by atoms with Gasteiger partial charge in [-0.25, -0.2) is 0 Å². The highest BCUT2D eigenvalue weighted by Gasteiger charge is 2.14. The lowest BCUT2D eigenvalue weighted by molar-refractivity contribution is -0.113. The predicted molar refractivity (Wildman–Crippen MR) is 130 cm³/mol. The molecule has 2 aromatic carbocycles. The Morgan fingerprint density at radius 3 is 2.65 bits per heavy atom. The van der Waals surface area contributed by atoms with Crippen LogP contribution < -0.4 is 10.1 Å². The van der Waals surface area contributed by atoms with Gasteiger partial charge in [-0.15, -0.1) is 10.2 Å². The number of nitrogens with zero attached hydrogens (tertiary/aromatic N) is 2. The molecule has 0 saturated heterocycles. The molecule has 0 bridgehead atoms. The zero-order valence-electron chi connectivity index (χ0n) is 17.5. The Balaban J connectivity index is 1.28. The molecule has 1 aliphatic carbocycles. The molecule has 1 aliphatic rings. The van der Waals surface area contributed by atoms with Gasteiger partial charge in [0.2, 0.25) is 5.91 Å². The van der Waals surface area contributed by atoms with Crippen molar-refractivity contribution in [2.24, 2.45) is 0 Å². The first-order valence-corrected chi connectivity index (χ1v) is 12.3. The summed E-state index contributed by atoms with van der Waals surface area (Å²) in [7, 11) is 0. The summed E-state index contributed by atoms with van der Waals surface area (Å²) in [5.74, 6) is 1.29. The van der Waals surface area contributed by atoms with Gasteiger partial charge in [-0.1, -0.05) is 17.8 Å². The number of nitrogens with one attached hydrogen (secondary N) is 1. The molecule has 0 unspecified atom stereocenters. The number of aryl methyl sites for hydroxylation is 4. The highest BCUT2D eigenvalue weighted by atomic mass is 127. The molecule has 3 aromatic rings. The first kappa shape index (κ1) is 22.1. The van der Waals surface area contributed by atoms with Gasteiger partial charge in [-0.05, 0) is 109 Å². The minimum atomic E-state index is -0.109. The zero-order chi connectivity index (χ0) is 21.8. The number of hydrogen-bond acceptors (Lipinski definition) is 6. The van der Waals surface area contributed by atoms with Gasteiger partial charge in [0.25, 0.3) is 11.1 Å². The first-order valence-electron chi connectivity index (χ1n) is 10.2. The summed E-state index contributed by atoms with van der Waals surface area (Å²) in [6.45, 7) is 4.19. The average Bonchev–Trinajstić information content (AvgIpc) is 3.21. The fourth-order valence-electron chi connectivity index (χ4n) is 3.71. The zero-order valence-corrected chi connectivity index (χ0v) is 20.5. The maximum absolute atomic E-state index is 12.4. The number of halogens is 1. The van der Waals surface area contributed by atoms with E-state index in [4.69, 9.17) is 9.15 Å². The average molecular weight is 549 g/mol. The third kappa shape index (κ3) is 5.79. The second-order valence-electron chi connectivity index (χ2n) is 7.64. The van der Waals surface area contributed by atoms with Crippen LogP contribution in [0.15, 0.2) is 40.0 Å². The molecular weight excluding hydrogens is 525 g/mol. The number of rotatable bonds is 7. The van der Waals surface area contributed by atoms with E-state index in [2.05, 4.69) is 50.2 Å². The number of carbonyl (C=O) groups excluding carboxylic acids is 1. The predicted octanol–water partition coefficient (Wildman–Crippen LogP) is 5.48. The van der Waals surface area contributed by atoms with Gasteiger partial charge in [0.05, 0.1) is 5.75 Å². The monoisotopic (exact) mass is 549 g/mol. The number of amides is 1. The number of benzene rings is 2. The second-order valence-corrected chi connectivity index (χ2v) is 9.81. The first-order chi connectivity index (χ1) is 15.0. The molecule has 1 heterocycles. The van der Waals surface area contributed by atoms with Crippen molar-refractivity contribution in [2.75, 3.05) is 11.1 Å². The lowest BCUT2D eigenvalue weighted by Gasteiger charge is -2.16. The van der Waals surface area contributed by atoms with Gasteiger partial charge < -0.3 is 14.5 Å². The van der Waals surface area contributed by atoms with Crippen molar-refractivity contribution < 1.29 is 13.9 Å². The van der Waals surface area contributed by atoms with Crippen LogP contribution in [0.1, 0.15) is 41.0 Å². The summed E-state index contributed by atoms with van der Waals surface area (Å²) in [5, 5.41) is 11.4. The Bertz CT molecular complexity index is 1080.